The molecule has 0 aliphatic heterocycles. The van der Waals surface area contributed by atoms with Crippen molar-refractivity contribution in [2.75, 3.05) is 7.11 Å². The minimum Gasteiger partial charge on any atom is -0.377 e. The summed E-state index contributed by atoms with van der Waals surface area (Å²) < 4.78 is 8.32. The number of pyridine rings is 1. The fourth-order valence-corrected chi connectivity index (χ4v) is 2.66. The summed E-state index contributed by atoms with van der Waals surface area (Å²) in [5.41, 5.74) is 2.74. The number of para-hydroxylation sites is 1. The van der Waals surface area contributed by atoms with Gasteiger partial charge in [-0.2, -0.15) is 0 Å². The molecular formula is C15H17N3OS. The molecule has 104 valence electrons. The van der Waals surface area contributed by atoms with Crippen molar-refractivity contribution in [3.05, 3.63) is 35.2 Å². The van der Waals surface area contributed by atoms with E-state index in [0.29, 0.717) is 11.3 Å². The smallest absolute Gasteiger partial charge is 0.178 e. The number of methoxy groups -OCH3 is 1. The Hall–Kier alpha value is -1.72. The summed E-state index contributed by atoms with van der Waals surface area (Å²) >= 11 is 5.46. The highest BCUT2D eigenvalue weighted by Gasteiger charge is 2.20. The van der Waals surface area contributed by atoms with Crippen molar-refractivity contribution in [2.45, 2.75) is 26.0 Å². The van der Waals surface area contributed by atoms with Crippen molar-refractivity contribution < 1.29 is 4.74 Å². The van der Waals surface area contributed by atoms with Gasteiger partial charge >= 0.3 is 0 Å². The molecule has 0 fully saturated rings. The molecule has 0 spiro atoms. The molecule has 0 saturated carbocycles. The lowest BCUT2D eigenvalue weighted by atomic mass is 10.1. The van der Waals surface area contributed by atoms with Crippen molar-refractivity contribution in [1.29, 1.82) is 0 Å². The van der Waals surface area contributed by atoms with Crippen LogP contribution in [0, 0.1) is 4.77 Å². The SMILES string of the molecule is COC(C)(C)Cn1c(=S)[nH]c2cnc3ccccc3c21. The molecule has 3 aromatic rings. The summed E-state index contributed by atoms with van der Waals surface area (Å²) in [6, 6.07) is 8.09. The van der Waals surface area contributed by atoms with Crippen LogP contribution in [0.3, 0.4) is 0 Å². The maximum atomic E-state index is 5.53. The molecule has 3 rings (SSSR count). The summed E-state index contributed by atoms with van der Waals surface area (Å²) in [4.78, 5) is 7.68. The third kappa shape index (κ3) is 2.13. The molecule has 0 atom stereocenters. The number of fused-ring (bicyclic) bond motifs is 3. The van der Waals surface area contributed by atoms with Gasteiger partial charge in [-0.3, -0.25) is 4.98 Å². The summed E-state index contributed by atoms with van der Waals surface area (Å²) in [6.07, 6.45) is 1.84. The number of benzene rings is 1. The van der Waals surface area contributed by atoms with E-state index in [1.807, 2.05) is 24.4 Å². The zero-order valence-corrected chi connectivity index (χ0v) is 12.6. The fourth-order valence-electron chi connectivity index (χ4n) is 2.39. The van der Waals surface area contributed by atoms with Gasteiger partial charge in [0.1, 0.15) is 0 Å². The second-order valence-electron chi connectivity index (χ2n) is 5.52. The first-order valence-electron chi connectivity index (χ1n) is 6.53. The average molecular weight is 287 g/mol. The molecule has 2 aromatic heterocycles. The molecule has 0 saturated heterocycles. The van der Waals surface area contributed by atoms with Gasteiger partial charge < -0.3 is 14.3 Å². The second kappa shape index (κ2) is 4.68. The highest BCUT2D eigenvalue weighted by atomic mass is 32.1. The molecule has 0 aliphatic carbocycles. The summed E-state index contributed by atoms with van der Waals surface area (Å²) in [6.45, 7) is 4.80. The minimum atomic E-state index is -0.280. The fraction of sp³-hybridized carbons (Fsp3) is 0.333. The molecule has 20 heavy (non-hydrogen) atoms. The molecule has 1 aromatic carbocycles. The Labute approximate surface area is 122 Å². The van der Waals surface area contributed by atoms with E-state index in [9.17, 15) is 0 Å². The van der Waals surface area contributed by atoms with Gasteiger partial charge in [-0.15, -0.1) is 0 Å². The third-order valence-electron chi connectivity index (χ3n) is 3.60. The summed E-state index contributed by atoms with van der Waals surface area (Å²) in [5.74, 6) is 0. The maximum Gasteiger partial charge on any atom is 0.178 e. The summed E-state index contributed by atoms with van der Waals surface area (Å²) in [5, 5.41) is 1.10. The van der Waals surface area contributed by atoms with E-state index in [4.69, 9.17) is 17.0 Å². The lowest BCUT2D eigenvalue weighted by Crippen LogP contribution is -2.29. The average Bonchev–Trinajstić information content (AvgIpc) is 2.75. The van der Waals surface area contributed by atoms with E-state index in [2.05, 4.69) is 34.4 Å². The zero-order chi connectivity index (χ0) is 14.3. The van der Waals surface area contributed by atoms with Crippen LogP contribution in [0.5, 0.6) is 0 Å². The van der Waals surface area contributed by atoms with E-state index >= 15 is 0 Å². The number of imidazole rings is 1. The van der Waals surface area contributed by atoms with Crippen molar-refractivity contribution in [3.63, 3.8) is 0 Å². The number of aromatic amines is 1. The Bertz CT molecular complexity index is 832. The van der Waals surface area contributed by atoms with Crippen molar-refractivity contribution in [3.8, 4) is 0 Å². The van der Waals surface area contributed by atoms with Crippen molar-refractivity contribution in [2.24, 2.45) is 0 Å². The van der Waals surface area contributed by atoms with Crippen LogP contribution < -0.4 is 0 Å². The Morgan fingerprint density at radius 3 is 2.85 bits per heavy atom. The maximum absolute atomic E-state index is 5.53. The van der Waals surface area contributed by atoms with Crippen LogP contribution in [0.4, 0.5) is 0 Å². The molecule has 0 bridgehead atoms. The molecule has 0 aliphatic rings. The molecule has 2 heterocycles. The van der Waals surface area contributed by atoms with Crippen LogP contribution in [-0.4, -0.2) is 27.2 Å². The number of aromatic nitrogens is 3. The number of H-pyrrole nitrogens is 1. The van der Waals surface area contributed by atoms with E-state index in [1.165, 1.54) is 0 Å². The number of ether oxygens (including phenoxy) is 1. The molecular weight excluding hydrogens is 270 g/mol. The topological polar surface area (TPSA) is 42.8 Å². The minimum absolute atomic E-state index is 0.280. The lowest BCUT2D eigenvalue weighted by molar-refractivity contribution is 0.00877. The molecule has 0 radical (unpaired) electrons. The lowest BCUT2D eigenvalue weighted by Gasteiger charge is -2.23. The highest BCUT2D eigenvalue weighted by molar-refractivity contribution is 7.71. The first-order chi connectivity index (χ1) is 9.52. The Morgan fingerprint density at radius 2 is 2.10 bits per heavy atom. The first kappa shape index (κ1) is 13.3. The second-order valence-corrected chi connectivity index (χ2v) is 5.90. The summed E-state index contributed by atoms with van der Waals surface area (Å²) in [7, 11) is 1.72. The van der Waals surface area contributed by atoms with E-state index < -0.39 is 0 Å². The van der Waals surface area contributed by atoms with E-state index in [-0.39, 0.29) is 5.60 Å². The zero-order valence-electron chi connectivity index (χ0n) is 11.8. The van der Waals surface area contributed by atoms with Crippen LogP contribution in [0.15, 0.2) is 30.5 Å². The van der Waals surface area contributed by atoms with E-state index in [0.717, 1.165) is 21.9 Å². The number of hydrogen-bond donors (Lipinski definition) is 1. The Morgan fingerprint density at radius 1 is 1.35 bits per heavy atom. The Kier molecular flexibility index (Phi) is 3.11. The number of hydrogen-bond acceptors (Lipinski definition) is 3. The van der Waals surface area contributed by atoms with Crippen LogP contribution >= 0.6 is 12.2 Å². The predicted octanol–water partition coefficient (Wildman–Crippen LogP) is 3.67. The first-order valence-corrected chi connectivity index (χ1v) is 6.94. The third-order valence-corrected chi connectivity index (χ3v) is 3.92. The van der Waals surface area contributed by atoms with Gasteiger partial charge in [0.15, 0.2) is 4.77 Å². The predicted molar refractivity (Wildman–Crippen MR) is 83.5 cm³/mol. The highest BCUT2D eigenvalue weighted by Crippen LogP contribution is 2.25. The molecule has 0 unspecified atom stereocenters. The number of nitrogens with zero attached hydrogens (tertiary/aromatic N) is 2. The van der Waals surface area contributed by atoms with Crippen LogP contribution in [0.1, 0.15) is 13.8 Å². The van der Waals surface area contributed by atoms with Crippen molar-refractivity contribution in [1.82, 2.24) is 14.5 Å². The van der Waals surface area contributed by atoms with Crippen LogP contribution in [-0.2, 0) is 11.3 Å². The van der Waals surface area contributed by atoms with Gasteiger partial charge in [0, 0.05) is 12.5 Å². The number of nitrogens with one attached hydrogen (secondary N) is 1. The number of rotatable bonds is 3. The Balaban J connectivity index is 2.33. The molecule has 1 N–H and O–H groups in total. The van der Waals surface area contributed by atoms with Gasteiger partial charge in [0.2, 0.25) is 0 Å². The largest absolute Gasteiger partial charge is 0.377 e. The van der Waals surface area contributed by atoms with E-state index in [1.54, 1.807) is 7.11 Å². The normalized spacial score (nSPS) is 12.3. The standard InChI is InChI=1S/C15H17N3OS/c1-15(2,19-3)9-18-13-10-6-4-5-7-11(10)16-8-12(13)17-14(18)20/h4-8H,9H2,1-3H3,(H,17,20). The molecule has 5 heteroatoms. The van der Waals surface area contributed by atoms with Crippen LogP contribution in [0.25, 0.3) is 21.9 Å². The van der Waals surface area contributed by atoms with Crippen LogP contribution in [0.2, 0.25) is 0 Å². The molecule has 4 nitrogen and oxygen atoms in total. The molecule has 0 amide bonds. The monoisotopic (exact) mass is 287 g/mol. The van der Waals surface area contributed by atoms with Gasteiger partial charge in [0.05, 0.1) is 34.9 Å². The van der Waals surface area contributed by atoms with Gasteiger partial charge in [0.25, 0.3) is 0 Å². The quantitative estimate of drug-likeness (QED) is 0.747. The van der Waals surface area contributed by atoms with Gasteiger partial charge in [-0.1, -0.05) is 18.2 Å². The van der Waals surface area contributed by atoms with Gasteiger partial charge in [-0.05, 0) is 32.1 Å². The van der Waals surface area contributed by atoms with Gasteiger partial charge in [-0.25, -0.2) is 0 Å². The van der Waals surface area contributed by atoms with Crippen molar-refractivity contribution >= 4 is 34.2 Å².